The van der Waals surface area contributed by atoms with Gasteiger partial charge in [-0.2, -0.15) is 6.42 Å². The van der Waals surface area contributed by atoms with Crippen molar-refractivity contribution in [2.75, 3.05) is 19.8 Å². The fourth-order valence-electron chi connectivity index (χ4n) is 4.40. The van der Waals surface area contributed by atoms with Crippen molar-refractivity contribution in [2.24, 2.45) is 0 Å². The summed E-state index contributed by atoms with van der Waals surface area (Å²) in [5, 5.41) is 18.7. The van der Waals surface area contributed by atoms with E-state index < -0.39 is 6.10 Å². The van der Waals surface area contributed by atoms with E-state index in [-0.39, 0.29) is 25.2 Å². The van der Waals surface area contributed by atoms with Gasteiger partial charge in [-0.25, -0.2) is 0 Å². The van der Waals surface area contributed by atoms with Crippen molar-refractivity contribution < 1.29 is 29.3 Å². The summed E-state index contributed by atoms with van der Waals surface area (Å²) in [5.74, 6) is -0.592. The van der Waals surface area contributed by atoms with Crippen LogP contribution >= 0.6 is 0 Å². The predicted molar refractivity (Wildman–Crippen MR) is 151 cm³/mol. The Labute approximate surface area is 228 Å². The molecule has 0 aliphatic carbocycles. The van der Waals surface area contributed by atoms with Crippen LogP contribution in [0.15, 0.2) is 0 Å². The number of hydrogen-bond acceptors (Lipinski definition) is 6. The highest BCUT2D eigenvalue weighted by molar-refractivity contribution is 5.69. The SMILES string of the molecule is [CH2-]CCCCCCCCCCCC(=O)OC[C@@H](O)COC(=O)CCCCCCCCCCCCCCO. The van der Waals surface area contributed by atoms with Gasteiger partial charge in [-0.05, 0) is 19.3 Å². The number of hydrogen-bond donors (Lipinski definition) is 2. The van der Waals surface area contributed by atoms with Crippen LogP contribution in [-0.4, -0.2) is 48.1 Å². The molecule has 220 valence electrons. The summed E-state index contributed by atoms with van der Waals surface area (Å²) in [6.45, 7) is 3.93. The topological polar surface area (TPSA) is 93.1 Å². The summed E-state index contributed by atoms with van der Waals surface area (Å²) in [6.07, 6.45) is 25.3. The van der Waals surface area contributed by atoms with E-state index in [1.54, 1.807) is 0 Å². The second-order valence-corrected chi connectivity index (χ2v) is 10.5. The van der Waals surface area contributed by atoms with Gasteiger partial charge in [-0.1, -0.05) is 116 Å². The molecule has 2 N–H and O–H groups in total. The molecule has 0 radical (unpaired) electrons. The third-order valence-electron chi connectivity index (χ3n) is 6.79. The first kappa shape index (κ1) is 35.9. The minimum atomic E-state index is -0.967. The van der Waals surface area contributed by atoms with Crippen LogP contribution in [0.2, 0.25) is 0 Å². The molecule has 0 unspecified atom stereocenters. The summed E-state index contributed by atoms with van der Waals surface area (Å²) in [6, 6.07) is 0. The molecular formula is C31H59O6-. The fraction of sp³-hybridized carbons (Fsp3) is 0.903. The monoisotopic (exact) mass is 527 g/mol. The molecule has 0 aliphatic rings. The van der Waals surface area contributed by atoms with Crippen molar-refractivity contribution >= 4 is 11.9 Å². The maximum atomic E-state index is 11.8. The Kier molecular flexibility index (Phi) is 28.5. The number of aliphatic hydroxyl groups is 2. The fourth-order valence-corrected chi connectivity index (χ4v) is 4.40. The normalized spacial score (nSPS) is 12.0. The average Bonchev–Trinajstić information content (AvgIpc) is 2.90. The van der Waals surface area contributed by atoms with Crippen molar-refractivity contribution in [2.45, 2.75) is 160 Å². The Morgan fingerprint density at radius 2 is 0.811 bits per heavy atom. The van der Waals surface area contributed by atoms with Crippen molar-refractivity contribution in [1.29, 1.82) is 0 Å². The highest BCUT2D eigenvalue weighted by Crippen LogP contribution is 2.13. The molecule has 0 saturated heterocycles. The number of carbonyl (C=O) groups excluding carboxylic acids is 2. The summed E-state index contributed by atoms with van der Waals surface area (Å²) in [4.78, 5) is 23.7. The van der Waals surface area contributed by atoms with Gasteiger partial charge in [-0.3, -0.25) is 9.59 Å². The van der Waals surface area contributed by atoms with E-state index in [0.29, 0.717) is 19.4 Å². The molecule has 0 aromatic rings. The predicted octanol–water partition coefficient (Wildman–Crippen LogP) is 7.62. The molecule has 37 heavy (non-hydrogen) atoms. The molecule has 0 fully saturated rings. The van der Waals surface area contributed by atoms with E-state index in [2.05, 4.69) is 6.92 Å². The Bertz CT molecular complexity index is 496. The van der Waals surface area contributed by atoms with Crippen LogP contribution in [0, 0.1) is 6.92 Å². The summed E-state index contributed by atoms with van der Waals surface area (Å²) < 4.78 is 10.2. The van der Waals surface area contributed by atoms with E-state index >= 15 is 0 Å². The molecule has 0 bridgehead atoms. The molecule has 0 heterocycles. The molecule has 0 aliphatic heterocycles. The number of esters is 2. The van der Waals surface area contributed by atoms with Crippen LogP contribution in [0.1, 0.15) is 154 Å². The van der Waals surface area contributed by atoms with E-state index in [9.17, 15) is 14.7 Å². The first-order valence-corrected chi connectivity index (χ1v) is 15.5. The van der Waals surface area contributed by atoms with E-state index in [0.717, 1.165) is 57.8 Å². The first-order valence-electron chi connectivity index (χ1n) is 15.5. The Hall–Kier alpha value is -1.14. The molecule has 0 spiro atoms. The lowest BCUT2D eigenvalue weighted by Crippen LogP contribution is -2.25. The van der Waals surface area contributed by atoms with Gasteiger partial charge < -0.3 is 26.6 Å². The average molecular weight is 528 g/mol. The molecule has 0 aromatic carbocycles. The third-order valence-corrected chi connectivity index (χ3v) is 6.79. The summed E-state index contributed by atoms with van der Waals surface area (Å²) >= 11 is 0. The van der Waals surface area contributed by atoms with Gasteiger partial charge >= 0.3 is 11.9 Å². The van der Waals surface area contributed by atoms with Crippen molar-refractivity contribution in [3.63, 3.8) is 0 Å². The van der Waals surface area contributed by atoms with Crippen LogP contribution < -0.4 is 0 Å². The van der Waals surface area contributed by atoms with Crippen molar-refractivity contribution in [3.05, 3.63) is 6.92 Å². The molecule has 0 rings (SSSR count). The first-order chi connectivity index (χ1) is 18.1. The maximum Gasteiger partial charge on any atom is 0.305 e. The van der Waals surface area contributed by atoms with E-state index in [4.69, 9.17) is 14.6 Å². The quantitative estimate of drug-likeness (QED) is 0.0590. The summed E-state index contributed by atoms with van der Waals surface area (Å²) in [5.41, 5.74) is 0. The van der Waals surface area contributed by atoms with Gasteiger partial charge in [0.15, 0.2) is 0 Å². The number of carbonyl (C=O) groups is 2. The second-order valence-electron chi connectivity index (χ2n) is 10.5. The lowest BCUT2D eigenvalue weighted by molar-refractivity contribution is -0.152. The number of unbranched alkanes of at least 4 members (excludes halogenated alkanes) is 20. The minimum absolute atomic E-state index is 0.123. The standard InChI is InChI=1S/C31H59O6/c1-2-3-4-5-6-7-12-15-18-21-24-30(34)36-27-29(33)28-37-31(35)25-22-19-16-13-10-8-9-11-14-17-20-23-26-32/h29,32-33H,1-28H2/q-1/t29-/m1/s1. The highest BCUT2D eigenvalue weighted by atomic mass is 16.6. The van der Waals surface area contributed by atoms with Gasteiger partial charge in [-0.15, -0.1) is 0 Å². The van der Waals surface area contributed by atoms with Gasteiger partial charge in [0.05, 0.1) is 0 Å². The van der Waals surface area contributed by atoms with Crippen LogP contribution in [0.25, 0.3) is 0 Å². The lowest BCUT2D eigenvalue weighted by Gasteiger charge is -2.12. The van der Waals surface area contributed by atoms with Crippen LogP contribution in [0.5, 0.6) is 0 Å². The number of ether oxygens (including phenoxy) is 2. The lowest BCUT2D eigenvalue weighted by atomic mass is 10.0. The Balaban J connectivity index is 3.41. The molecule has 6 heteroatoms. The largest absolute Gasteiger partial charge is 0.463 e. The van der Waals surface area contributed by atoms with Gasteiger partial charge in [0.25, 0.3) is 0 Å². The second kappa shape index (κ2) is 29.4. The van der Waals surface area contributed by atoms with Crippen molar-refractivity contribution in [3.8, 4) is 0 Å². The molecule has 6 nitrogen and oxygen atoms in total. The third kappa shape index (κ3) is 29.3. The molecule has 0 saturated carbocycles. The van der Waals surface area contributed by atoms with Crippen LogP contribution in [-0.2, 0) is 19.1 Å². The number of rotatable bonds is 29. The Morgan fingerprint density at radius 1 is 0.514 bits per heavy atom. The smallest absolute Gasteiger partial charge is 0.305 e. The van der Waals surface area contributed by atoms with Crippen LogP contribution in [0.4, 0.5) is 0 Å². The van der Waals surface area contributed by atoms with E-state index in [1.807, 2.05) is 0 Å². The van der Waals surface area contributed by atoms with Gasteiger partial charge in [0.2, 0.25) is 0 Å². The minimum Gasteiger partial charge on any atom is -0.463 e. The van der Waals surface area contributed by atoms with Gasteiger partial charge in [0.1, 0.15) is 19.3 Å². The number of aliphatic hydroxyl groups excluding tert-OH is 2. The molecule has 0 amide bonds. The van der Waals surface area contributed by atoms with E-state index in [1.165, 1.54) is 83.5 Å². The van der Waals surface area contributed by atoms with Gasteiger partial charge in [0, 0.05) is 19.4 Å². The summed E-state index contributed by atoms with van der Waals surface area (Å²) in [7, 11) is 0. The molecular weight excluding hydrogens is 468 g/mol. The highest BCUT2D eigenvalue weighted by Gasteiger charge is 2.12. The molecule has 0 aromatic heterocycles. The van der Waals surface area contributed by atoms with Crippen LogP contribution in [0.3, 0.4) is 0 Å². The molecule has 1 atom stereocenters. The zero-order valence-corrected chi connectivity index (χ0v) is 23.9. The zero-order chi connectivity index (χ0) is 27.2. The zero-order valence-electron chi connectivity index (χ0n) is 23.9. The maximum absolute atomic E-state index is 11.8. The Morgan fingerprint density at radius 3 is 1.14 bits per heavy atom. The van der Waals surface area contributed by atoms with Crippen molar-refractivity contribution in [1.82, 2.24) is 0 Å².